The summed E-state index contributed by atoms with van der Waals surface area (Å²) in [6.07, 6.45) is 7.00. The molecule has 31 heavy (non-hydrogen) atoms. The number of carbonyl (C=O) groups is 1. The predicted octanol–water partition coefficient (Wildman–Crippen LogP) is 4.94. The number of piperidine rings is 1. The fourth-order valence-electron chi connectivity index (χ4n) is 6.90. The van der Waals surface area contributed by atoms with Gasteiger partial charge < -0.3 is 14.7 Å². The number of hydrogen-bond donors (Lipinski definition) is 1. The highest BCUT2D eigenvalue weighted by molar-refractivity contribution is 6.30. The van der Waals surface area contributed by atoms with Gasteiger partial charge in [0.1, 0.15) is 6.10 Å². The van der Waals surface area contributed by atoms with Crippen LogP contribution in [0.1, 0.15) is 57.4 Å². The second kappa shape index (κ2) is 7.90. The van der Waals surface area contributed by atoms with E-state index in [1.807, 2.05) is 24.3 Å². The van der Waals surface area contributed by atoms with E-state index in [0.29, 0.717) is 29.7 Å². The predicted molar refractivity (Wildman–Crippen MR) is 122 cm³/mol. The minimum atomic E-state index is -0.813. The number of aliphatic hydroxyl groups is 1. The Bertz CT molecular complexity index is 860. The third-order valence-corrected chi connectivity index (χ3v) is 9.09. The molecule has 5 heteroatoms. The summed E-state index contributed by atoms with van der Waals surface area (Å²) in [7, 11) is 0. The summed E-state index contributed by atoms with van der Waals surface area (Å²) < 4.78 is 5.93. The molecule has 0 radical (unpaired) electrons. The summed E-state index contributed by atoms with van der Waals surface area (Å²) in [6, 6.07) is 7.53. The Balaban J connectivity index is 1.24. The maximum absolute atomic E-state index is 12.9. The number of likely N-dealkylation sites (tertiary alicyclic amines) is 1. The molecule has 2 heterocycles. The van der Waals surface area contributed by atoms with Crippen LogP contribution in [0.2, 0.25) is 5.02 Å². The Hall–Kier alpha value is -1.36. The molecule has 0 bridgehead atoms. The van der Waals surface area contributed by atoms with Crippen molar-refractivity contribution in [1.29, 1.82) is 0 Å². The molecule has 1 aromatic carbocycles. The number of nitrogens with zero attached hydrogens (tertiary/aromatic N) is 1. The van der Waals surface area contributed by atoms with E-state index < -0.39 is 5.60 Å². The van der Waals surface area contributed by atoms with Gasteiger partial charge in [-0.15, -0.1) is 0 Å². The summed E-state index contributed by atoms with van der Waals surface area (Å²) in [6.45, 7) is 9.09. The average Bonchev–Trinajstić information content (AvgIpc) is 3.02. The molecule has 4 aliphatic rings. The van der Waals surface area contributed by atoms with E-state index in [9.17, 15) is 9.90 Å². The number of rotatable bonds is 3. The molecule has 4 fully saturated rings. The number of esters is 1. The summed E-state index contributed by atoms with van der Waals surface area (Å²) in [4.78, 5) is 15.2. The van der Waals surface area contributed by atoms with Crippen molar-refractivity contribution in [2.45, 2.75) is 63.6 Å². The number of benzene rings is 1. The zero-order chi connectivity index (χ0) is 21.8. The van der Waals surface area contributed by atoms with Gasteiger partial charge in [0.25, 0.3) is 0 Å². The lowest BCUT2D eigenvalue weighted by atomic mass is 9.55. The van der Waals surface area contributed by atoms with Crippen LogP contribution in [0.15, 0.2) is 36.4 Å². The highest BCUT2D eigenvalue weighted by atomic mass is 35.5. The van der Waals surface area contributed by atoms with Crippen molar-refractivity contribution in [3.63, 3.8) is 0 Å². The Morgan fingerprint density at radius 2 is 1.94 bits per heavy atom. The van der Waals surface area contributed by atoms with Crippen LogP contribution in [0.25, 0.3) is 0 Å². The van der Waals surface area contributed by atoms with E-state index in [0.717, 1.165) is 44.5 Å². The van der Waals surface area contributed by atoms with E-state index in [1.165, 1.54) is 18.4 Å². The first-order valence-corrected chi connectivity index (χ1v) is 12.2. The Labute approximate surface area is 190 Å². The molecule has 2 aliphatic heterocycles. The summed E-state index contributed by atoms with van der Waals surface area (Å²) in [5.41, 5.74) is 1.74. The van der Waals surface area contributed by atoms with Crippen LogP contribution in [0.4, 0.5) is 0 Å². The highest BCUT2D eigenvalue weighted by Gasteiger charge is 2.55. The summed E-state index contributed by atoms with van der Waals surface area (Å²) in [5, 5.41) is 11.9. The van der Waals surface area contributed by atoms with Crippen molar-refractivity contribution in [2.75, 3.05) is 19.6 Å². The van der Waals surface area contributed by atoms with Crippen LogP contribution in [0.5, 0.6) is 0 Å². The lowest BCUT2D eigenvalue weighted by Crippen LogP contribution is -2.48. The summed E-state index contributed by atoms with van der Waals surface area (Å²) >= 11 is 6.01. The molecule has 4 nitrogen and oxygen atoms in total. The van der Waals surface area contributed by atoms with Crippen LogP contribution in [0.3, 0.4) is 0 Å². The van der Waals surface area contributed by atoms with Crippen molar-refractivity contribution in [3.8, 4) is 0 Å². The second-order valence-electron chi connectivity index (χ2n) is 10.7. The number of fused-ring (bicyclic) bond motifs is 2. The van der Waals surface area contributed by atoms with E-state index in [-0.39, 0.29) is 23.4 Å². The maximum Gasteiger partial charge on any atom is 0.310 e. The van der Waals surface area contributed by atoms with Crippen molar-refractivity contribution < 1.29 is 14.6 Å². The molecule has 0 aromatic heterocycles. The van der Waals surface area contributed by atoms with Crippen LogP contribution in [-0.4, -0.2) is 41.7 Å². The second-order valence-corrected chi connectivity index (χ2v) is 11.2. The topological polar surface area (TPSA) is 49.8 Å². The van der Waals surface area contributed by atoms with E-state index in [4.69, 9.17) is 16.3 Å². The van der Waals surface area contributed by atoms with Crippen LogP contribution in [0, 0.1) is 23.2 Å². The minimum absolute atomic E-state index is 0.0126. The number of allylic oxidation sites excluding steroid dienone is 1. The molecule has 2 aliphatic carbocycles. The molecule has 0 spiro atoms. The first-order valence-electron chi connectivity index (χ1n) is 11.9. The molecule has 0 unspecified atom stereocenters. The van der Waals surface area contributed by atoms with Gasteiger partial charge in [-0.25, -0.2) is 0 Å². The van der Waals surface area contributed by atoms with Gasteiger partial charge in [0.05, 0.1) is 11.5 Å². The standard InChI is InChI=1S/C26H34ClNO3/c1-17-4-3-9-25(2)15-23-20(14-22(17)25)21(24(29)31-23)16-28-12-10-26(30,11-13-28)18-5-7-19(27)8-6-18/h5-8,20-23,30H,1,3-4,9-16H2,2H3/t20-,21-,22+,23-,25-/m1/s1. The summed E-state index contributed by atoms with van der Waals surface area (Å²) in [5.74, 6) is 0.765. The monoisotopic (exact) mass is 443 g/mol. The van der Waals surface area contributed by atoms with E-state index >= 15 is 0 Å². The van der Waals surface area contributed by atoms with Crippen LogP contribution >= 0.6 is 11.6 Å². The van der Waals surface area contributed by atoms with Crippen molar-refractivity contribution in [1.82, 2.24) is 4.90 Å². The smallest absolute Gasteiger partial charge is 0.310 e. The first-order chi connectivity index (χ1) is 14.8. The highest BCUT2D eigenvalue weighted by Crippen LogP contribution is 2.57. The largest absolute Gasteiger partial charge is 0.462 e. The number of hydrogen-bond acceptors (Lipinski definition) is 4. The maximum atomic E-state index is 12.9. The number of carbonyl (C=O) groups excluding carboxylic acids is 1. The molecule has 1 aromatic rings. The van der Waals surface area contributed by atoms with Crippen molar-refractivity contribution >= 4 is 17.6 Å². The molecule has 5 atom stereocenters. The Kier molecular flexibility index (Phi) is 5.47. The third kappa shape index (κ3) is 3.85. The zero-order valence-electron chi connectivity index (χ0n) is 18.5. The molecule has 5 rings (SSSR count). The van der Waals surface area contributed by atoms with Crippen molar-refractivity contribution in [3.05, 3.63) is 47.0 Å². The van der Waals surface area contributed by atoms with Gasteiger partial charge in [0.2, 0.25) is 0 Å². The number of halogens is 1. The molecule has 2 saturated heterocycles. The van der Waals surface area contributed by atoms with Gasteiger partial charge in [-0.2, -0.15) is 0 Å². The Morgan fingerprint density at radius 1 is 1.23 bits per heavy atom. The molecule has 168 valence electrons. The Morgan fingerprint density at radius 3 is 2.65 bits per heavy atom. The van der Waals surface area contributed by atoms with E-state index in [1.54, 1.807) is 0 Å². The van der Waals surface area contributed by atoms with E-state index in [2.05, 4.69) is 18.4 Å². The molecule has 0 amide bonds. The van der Waals surface area contributed by atoms with Gasteiger partial charge >= 0.3 is 5.97 Å². The SMILES string of the molecule is C=C1CCC[C@]2(C)C[C@H]3OC(=O)[C@H](CN4CCC(O)(c5ccc(Cl)cc5)CC4)[C@H]3C[C@@H]12. The lowest BCUT2D eigenvalue weighted by Gasteiger charge is -2.50. The molecule has 2 saturated carbocycles. The fourth-order valence-corrected chi connectivity index (χ4v) is 7.02. The van der Waals surface area contributed by atoms with Gasteiger partial charge in [-0.1, -0.05) is 42.8 Å². The minimum Gasteiger partial charge on any atom is -0.462 e. The van der Waals surface area contributed by atoms with Gasteiger partial charge in [0, 0.05) is 30.6 Å². The van der Waals surface area contributed by atoms with Gasteiger partial charge in [0.15, 0.2) is 0 Å². The van der Waals surface area contributed by atoms with Gasteiger partial charge in [-0.3, -0.25) is 4.79 Å². The number of ether oxygens (including phenoxy) is 1. The van der Waals surface area contributed by atoms with Crippen LogP contribution < -0.4 is 0 Å². The zero-order valence-corrected chi connectivity index (χ0v) is 19.2. The quantitative estimate of drug-likeness (QED) is 0.531. The molecule has 1 N–H and O–H groups in total. The first kappa shape index (κ1) is 21.5. The average molecular weight is 444 g/mol. The molecular formula is C26H34ClNO3. The van der Waals surface area contributed by atoms with Crippen molar-refractivity contribution in [2.24, 2.45) is 23.2 Å². The van der Waals surface area contributed by atoms with Crippen LogP contribution in [-0.2, 0) is 15.1 Å². The fraction of sp³-hybridized carbons (Fsp3) is 0.654. The van der Waals surface area contributed by atoms with Gasteiger partial charge in [-0.05, 0) is 74.0 Å². The molecular weight excluding hydrogens is 410 g/mol. The lowest BCUT2D eigenvalue weighted by molar-refractivity contribution is -0.146. The normalized spacial score (nSPS) is 37.8. The third-order valence-electron chi connectivity index (χ3n) is 8.84.